The van der Waals surface area contributed by atoms with E-state index >= 15 is 0 Å². The Morgan fingerprint density at radius 1 is 0.878 bits per heavy atom. The van der Waals surface area contributed by atoms with E-state index < -0.39 is 53.0 Å². The van der Waals surface area contributed by atoms with Crippen molar-refractivity contribution in [2.45, 2.75) is 18.6 Å². The number of ketones is 3. The third kappa shape index (κ3) is 4.69. The number of carbonyl (C=O) groups is 6. The van der Waals surface area contributed by atoms with Gasteiger partial charge in [0.05, 0.1) is 22.1 Å². The molecule has 12 heteroatoms. The molecular weight excluding hydrogens is 575 g/mol. The molecule has 2 aliphatic rings. The summed E-state index contributed by atoms with van der Waals surface area (Å²) in [4.78, 5) is 78.0. The van der Waals surface area contributed by atoms with Crippen LogP contribution in [0.3, 0.4) is 0 Å². The molecule has 3 aromatic rings. The zero-order chi connectivity index (χ0) is 29.6. The monoisotopic (exact) mass is 594 g/mol. The number of carboxylic acids is 1. The van der Waals surface area contributed by atoms with E-state index in [1.807, 2.05) is 0 Å². The summed E-state index contributed by atoms with van der Waals surface area (Å²) >= 11 is 12.2. The molecule has 0 aromatic heterocycles. The van der Waals surface area contributed by atoms with Crippen molar-refractivity contribution in [3.63, 3.8) is 0 Å². The lowest BCUT2D eigenvalue weighted by Gasteiger charge is -2.25. The van der Waals surface area contributed by atoms with E-state index in [1.54, 1.807) is 0 Å². The van der Waals surface area contributed by atoms with Crippen LogP contribution in [0.15, 0.2) is 66.7 Å². The molecule has 1 fully saturated rings. The summed E-state index contributed by atoms with van der Waals surface area (Å²) in [7, 11) is 0. The molecule has 5 rings (SSSR count). The second kappa shape index (κ2) is 10.5. The summed E-state index contributed by atoms with van der Waals surface area (Å²) in [5.74, 6) is -8.48. The van der Waals surface area contributed by atoms with Gasteiger partial charge in [-0.15, -0.1) is 0 Å². The lowest BCUT2D eigenvalue weighted by Crippen LogP contribution is -2.53. The summed E-state index contributed by atoms with van der Waals surface area (Å²) < 4.78 is 6.03. The second-order valence-electron chi connectivity index (χ2n) is 9.57. The van der Waals surface area contributed by atoms with Crippen LogP contribution in [0, 0.1) is 11.8 Å². The van der Waals surface area contributed by atoms with Crippen LogP contribution in [0.4, 0.5) is 10.5 Å². The zero-order valence-corrected chi connectivity index (χ0v) is 22.7. The highest BCUT2D eigenvalue weighted by molar-refractivity contribution is 6.42. The van der Waals surface area contributed by atoms with Gasteiger partial charge in [0.2, 0.25) is 23.1 Å². The molecule has 0 bridgehead atoms. The quantitative estimate of drug-likeness (QED) is 0.282. The van der Waals surface area contributed by atoms with Crippen LogP contribution >= 0.6 is 23.2 Å². The Hall–Kier alpha value is -4.38. The number of carboxylic acid groups (broad SMARTS) is 1. The fourth-order valence-corrected chi connectivity index (χ4v) is 5.58. The lowest BCUT2D eigenvalue weighted by molar-refractivity contribution is -0.148. The molecule has 0 unspecified atom stereocenters. The van der Waals surface area contributed by atoms with E-state index in [4.69, 9.17) is 27.9 Å². The SMILES string of the molecule is CC(=O)c1ccc(NC(=O)NC(=O)[C@H]2[C@@H](C(=O)O)C3(O[C@H]2c2ccc(Cl)c(Cl)c2)C(=O)c2ccccc2C3=O)cc1. The van der Waals surface area contributed by atoms with E-state index in [-0.39, 0.29) is 38.2 Å². The van der Waals surface area contributed by atoms with Crippen molar-refractivity contribution in [3.05, 3.63) is 99.0 Å². The number of halogens is 2. The van der Waals surface area contributed by atoms with Crippen molar-refractivity contribution < 1.29 is 38.6 Å². The number of ether oxygens (including phenoxy) is 1. The number of amides is 3. The Labute approximate surface area is 242 Å². The topological polar surface area (TPSA) is 156 Å². The first-order valence-electron chi connectivity index (χ1n) is 12.2. The van der Waals surface area contributed by atoms with Crippen LogP contribution < -0.4 is 10.6 Å². The van der Waals surface area contributed by atoms with Gasteiger partial charge in [-0.25, -0.2) is 4.79 Å². The largest absolute Gasteiger partial charge is 0.481 e. The number of carbonyl (C=O) groups excluding carboxylic acids is 5. The van der Waals surface area contributed by atoms with Crippen molar-refractivity contribution in [1.82, 2.24) is 5.32 Å². The summed E-state index contributed by atoms with van der Waals surface area (Å²) in [6.07, 6.45) is -1.48. The number of rotatable bonds is 5. The summed E-state index contributed by atoms with van der Waals surface area (Å²) in [6, 6.07) is 14.7. The predicted octanol–water partition coefficient (Wildman–Crippen LogP) is 4.75. The van der Waals surface area contributed by atoms with E-state index in [0.717, 1.165) is 0 Å². The van der Waals surface area contributed by atoms with Gasteiger partial charge in [-0.3, -0.25) is 29.3 Å². The normalized spacial score (nSPS) is 20.5. The van der Waals surface area contributed by atoms with E-state index in [9.17, 15) is 33.9 Å². The third-order valence-corrected chi connectivity index (χ3v) is 7.89. The van der Waals surface area contributed by atoms with Gasteiger partial charge < -0.3 is 15.2 Å². The predicted molar refractivity (Wildman–Crippen MR) is 146 cm³/mol. The van der Waals surface area contributed by atoms with Gasteiger partial charge in [-0.05, 0) is 48.9 Å². The molecule has 1 aliphatic carbocycles. The van der Waals surface area contributed by atoms with Gasteiger partial charge in [0, 0.05) is 22.4 Å². The number of hydrogen-bond donors (Lipinski definition) is 3. The van der Waals surface area contributed by atoms with Gasteiger partial charge in [-0.1, -0.05) is 53.5 Å². The number of nitrogens with one attached hydrogen (secondary N) is 2. The van der Waals surface area contributed by atoms with Crippen molar-refractivity contribution in [2.24, 2.45) is 11.8 Å². The first kappa shape index (κ1) is 28.2. The van der Waals surface area contributed by atoms with Gasteiger partial charge in [0.25, 0.3) is 0 Å². The number of benzene rings is 3. The van der Waals surface area contributed by atoms with Crippen LogP contribution in [-0.4, -0.2) is 46.0 Å². The summed E-state index contributed by atoms with van der Waals surface area (Å²) in [5, 5.41) is 15.1. The van der Waals surface area contributed by atoms with Crippen molar-refractivity contribution >= 4 is 64.1 Å². The Morgan fingerprint density at radius 2 is 1.49 bits per heavy atom. The van der Waals surface area contributed by atoms with Crippen molar-refractivity contribution in [3.8, 4) is 0 Å². The van der Waals surface area contributed by atoms with E-state index in [2.05, 4.69) is 10.6 Å². The Balaban J connectivity index is 1.53. The number of hydrogen-bond acceptors (Lipinski definition) is 7. The third-order valence-electron chi connectivity index (χ3n) is 7.15. The van der Waals surface area contributed by atoms with Crippen molar-refractivity contribution in [1.29, 1.82) is 0 Å². The smallest absolute Gasteiger partial charge is 0.325 e. The van der Waals surface area contributed by atoms with Gasteiger partial charge >= 0.3 is 12.0 Å². The van der Waals surface area contributed by atoms with Crippen LogP contribution in [0.1, 0.15) is 49.7 Å². The highest BCUT2D eigenvalue weighted by Crippen LogP contribution is 2.54. The van der Waals surface area contributed by atoms with Crippen LogP contribution in [0.2, 0.25) is 10.0 Å². The molecule has 1 heterocycles. The lowest BCUT2D eigenvalue weighted by atomic mass is 9.75. The Morgan fingerprint density at radius 3 is 2.02 bits per heavy atom. The minimum atomic E-state index is -2.56. The van der Waals surface area contributed by atoms with Crippen LogP contribution in [0.25, 0.3) is 0 Å². The Kier molecular flexibility index (Phi) is 7.24. The first-order chi connectivity index (χ1) is 19.5. The fourth-order valence-electron chi connectivity index (χ4n) is 5.27. The number of Topliss-reactive ketones (excluding diaryl/α,β-unsaturated/α-hetero) is 3. The van der Waals surface area contributed by atoms with Gasteiger partial charge in [0.1, 0.15) is 5.92 Å². The van der Waals surface area contributed by atoms with Crippen molar-refractivity contribution in [2.75, 3.05) is 5.32 Å². The molecule has 3 N–H and O–H groups in total. The summed E-state index contributed by atoms with van der Waals surface area (Å²) in [6.45, 7) is 1.38. The molecule has 0 saturated carbocycles. The van der Waals surface area contributed by atoms with Crippen LogP contribution in [0.5, 0.6) is 0 Å². The second-order valence-corrected chi connectivity index (χ2v) is 10.4. The maximum Gasteiger partial charge on any atom is 0.325 e. The number of fused-ring (bicyclic) bond motifs is 1. The molecule has 1 spiro atoms. The molecule has 10 nitrogen and oxygen atoms in total. The number of aliphatic carboxylic acids is 1. The number of imide groups is 1. The molecule has 208 valence electrons. The molecule has 1 aliphatic heterocycles. The molecule has 3 atom stereocenters. The van der Waals surface area contributed by atoms with Gasteiger partial charge in [0.15, 0.2) is 5.78 Å². The van der Waals surface area contributed by atoms with Gasteiger partial charge in [-0.2, -0.15) is 0 Å². The molecule has 3 amide bonds. The highest BCUT2D eigenvalue weighted by atomic mass is 35.5. The molecule has 0 radical (unpaired) electrons. The van der Waals surface area contributed by atoms with Crippen LogP contribution in [-0.2, 0) is 14.3 Å². The molecule has 3 aromatic carbocycles. The minimum absolute atomic E-state index is 0.0375. The van der Waals surface area contributed by atoms with E-state index in [1.165, 1.54) is 73.7 Å². The molecule has 41 heavy (non-hydrogen) atoms. The average Bonchev–Trinajstić information content (AvgIpc) is 3.40. The maximum atomic E-state index is 13.7. The molecular formula is C29H20Cl2N2O8. The minimum Gasteiger partial charge on any atom is -0.481 e. The van der Waals surface area contributed by atoms with E-state index in [0.29, 0.717) is 5.56 Å². The first-order valence-corrected chi connectivity index (χ1v) is 13.0. The summed E-state index contributed by atoms with van der Waals surface area (Å²) in [5.41, 5.74) is -1.82. The number of anilines is 1. The fraction of sp³-hybridized carbons (Fsp3) is 0.172. The average molecular weight is 595 g/mol. The standard InChI is InChI=1S/C29H20Cl2N2O8/c1-13(34)14-6-9-16(10-7-14)32-28(40)33-26(37)21-22(27(38)39)29(24(35)17-4-2-3-5-18(17)25(29)36)41-23(21)15-8-11-19(30)20(31)12-15/h2-12,21-23H,1H3,(H,38,39)(H2,32,33,37,40)/t21-,22-,23-/m0/s1. The molecule has 1 saturated heterocycles. The maximum absolute atomic E-state index is 13.7. The Bertz CT molecular complexity index is 1620. The number of urea groups is 1. The zero-order valence-electron chi connectivity index (χ0n) is 21.1. The highest BCUT2D eigenvalue weighted by Gasteiger charge is 2.71.